The Morgan fingerprint density at radius 2 is 0.729 bits per heavy atom. The largest absolute Gasteiger partial charge is 0.421 e. The number of fused-ring (bicyclic) bond motifs is 13. The van der Waals surface area contributed by atoms with Crippen LogP contribution in [-0.4, -0.2) is 247 Å². The Morgan fingerprint density at radius 3 is 1.01 bits per heavy atom. The van der Waals surface area contributed by atoms with Gasteiger partial charge < -0.3 is 92.4 Å². The summed E-state index contributed by atoms with van der Waals surface area (Å²) in [7, 11) is 10.1. The summed E-state index contributed by atoms with van der Waals surface area (Å²) in [5, 5.41) is 13.6. The molecule has 4 aromatic carbocycles. The SMILES string of the molecule is CCc1ncc(Oc2nc3c(c(N4CC5C[C@@H](N)C5C4)n2)-c2cc(F)cc(NC)c2C3)cn1.CCc1ncc(Oc2nc3c(c(N4C[C@H](N)C5(CC5)C4)n2)-c2cc(F)cc(NC)c2C3)cn1.CNc1cc(F)cc2c1Cc1nc(Oc3cnc(CC(=O)N(C)OC)nc3)nc(N3C[C@H](N)C4(CC4)C3)c1-2.CNc1cc(F)cc2c1Cc1nc(Oc3cnc(CC(=O)N4CCOCC4)nc3)nc(N3C[C@H](N)C4(CC4)C3)c1-2. The quantitative estimate of drug-likeness (QED) is 0.0218. The lowest BCUT2D eigenvalue weighted by Crippen LogP contribution is -2.46. The summed E-state index contributed by atoms with van der Waals surface area (Å²) >= 11 is 0. The number of anilines is 8. The number of rotatable bonds is 23. The normalized spacial score (nSPS) is 20.1. The van der Waals surface area contributed by atoms with E-state index in [1.54, 1.807) is 82.1 Å². The van der Waals surface area contributed by atoms with E-state index in [2.05, 4.69) is 80.7 Å². The first-order chi connectivity index (χ1) is 69.7. The number of carbonyl (C=O) groups excluding carboxylic acids is 2. The Bertz CT molecular complexity index is 7010. The van der Waals surface area contributed by atoms with Crippen LogP contribution in [0.1, 0.15) is 127 Å². The number of nitrogens with zero attached hydrogens (tertiary/aromatic N) is 22. The second-order valence-electron chi connectivity index (χ2n) is 39.4. The van der Waals surface area contributed by atoms with Crippen LogP contribution in [0, 0.1) is 51.3 Å². The molecular weight excluding hydrogens is 1850 g/mol. The van der Waals surface area contributed by atoms with Crippen molar-refractivity contribution in [2.45, 2.75) is 134 Å². The molecule has 38 nitrogen and oxygen atoms in total. The van der Waals surface area contributed by atoms with Gasteiger partial charge in [0.2, 0.25) is 5.91 Å². The van der Waals surface area contributed by atoms with Crippen molar-refractivity contribution in [3.63, 3.8) is 0 Å². The van der Waals surface area contributed by atoms with Crippen LogP contribution < -0.4 is 82.7 Å². The van der Waals surface area contributed by atoms with Gasteiger partial charge in [0.05, 0.1) is 106 Å². The summed E-state index contributed by atoms with van der Waals surface area (Å²) in [4.78, 5) is 113. The van der Waals surface area contributed by atoms with Crippen LogP contribution in [0.25, 0.3) is 44.5 Å². The summed E-state index contributed by atoms with van der Waals surface area (Å²) in [6.45, 7) is 12.4. The van der Waals surface area contributed by atoms with Crippen LogP contribution in [0.3, 0.4) is 0 Å². The van der Waals surface area contributed by atoms with Crippen molar-refractivity contribution < 1.29 is 55.7 Å². The van der Waals surface area contributed by atoms with Crippen LogP contribution in [0.5, 0.6) is 47.0 Å². The number of aromatic nitrogens is 16. The summed E-state index contributed by atoms with van der Waals surface area (Å²) in [6.07, 6.45) is 24.1. The zero-order chi connectivity index (χ0) is 99.5. The number of benzene rings is 4. The van der Waals surface area contributed by atoms with E-state index in [0.29, 0.717) is 130 Å². The highest BCUT2D eigenvalue weighted by Crippen LogP contribution is 2.59. The van der Waals surface area contributed by atoms with Gasteiger partial charge in [-0.25, -0.2) is 62.5 Å². The molecule has 13 heterocycles. The number of nitrogens with one attached hydrogen (secondary N) is 4. The predicted octanol–water partition coefficient (Wildman–Crippen LogP) is 10.9. The highest BCUT2D eigenvalue weighted by molar-refractivity contribution is 5.93. The van der Waals surface area contributed by atoms with Crippen molar-refractivity contribution >= 4 is 57.8 Å². The highest BCUT2D eigenvalue weighted by atomic mass is 19.1. The molecule has 0 bridgehead atoms. The average molecular weight is 1960 g/mol. The Kier molecular flexibility index (Phi) is 24.9. The third-order valence-corrected chi connectivity index (χ3v) is 30.6. The van der Waals surface area contributed by atoms with E-state index in [0.717, 1.165) is 231 Å². The smallest absolute Gasteiger partial charge is 0.324 e. The second-order valence-corrected chi connectivity index (χ2v) is 39.4. The van der Waals surface area contributed by atoms with E-state index in [1.165, 1.54) is 63.2 Å². The fourth-order valence-corrected chi connectivity index (χ4v) is 22.0. The van der Waals surface area contributed by atoms with Crippen molar-refractivity contribution in [3.8, 4) is 91.5 Å². The zero-order valence-electron chi connectivity index (χ0n) is 81.2. The topological polar surface area (TPSA) is 467 Å². The van der Waals surface area contributed by atoms with Gasteiger partial charge in [0.15, 0.2) is 23.0 Å². The van der Waals surface area contributed by atoms with Crippen molar-refractivity contribution in [2.75, 3.05) is 162 Å². The van der Waals surface area contributed by atoms with Crippen molar-refractivity contribution in [3.05, 3.63) is 190 Å². The fraction of sp³-hybridized carbons (Fsp3) is 0.431. The van der Waals surface area contributed by atoms with Crippen molar-refractivity contribution in [1.29, 1.82) is 0 Å². The van der Waals surface area contributed by atoms with Crippen LogP contribution in [0.2, 0.25) is 0 Å². The fourth-order valence-electron chi connectivity index (χ4n) is 22.0. The molecule has 5 aliphatic heterocycles. The number of nitrogens with two attached hydrogens (primary N) is 4. The summed E-state index contributed by atoms with van der Waals surface area (Å²) < 4.78 is 87.5. The molecule has 5 saturated heterocycles. The van der Waals surface area contributed by atoms with Crippen LogP contribution in [-0.2, 0) is 70.5 Å². The van der Waals surface area contributed by atoms with E-state index in [4.69, 9.17) is 91.3 Å². The number of aryl methyl sites for hydroxylation is 2. The number of halogens is 4. The summed E-state index contributed by atoms with van der Waals surface area (Å²) in [5.41, 5.74) is 43.0. The Hall–Kier alpha value is -14.5. The number of hydrogen-bond acceptors (Lipinski definition) is 36. The van der Waals surface area contributed by atoms with Crippen LogP contribution >= 0.6 is 0 Å². The minimum atomic E-state index is -0.323. The van der Waals surface area contributed by atoms with E-state index in [9.17, 15) is 27.2 Å². The van der Waals surface area contributed by atoms with E-state index >= 15 is 0 Å². The number of amides is 2. The average Bonchev–Trinajstić information content (AvgIpc) is 1.57. The lowest BCUT2D eigenvalue weighted by atomic mass is 9.72. The second kappa shape index (κ2) is 38.0. The van der Waals surface area contributed by atoms with Gasteiger partial charge in [0.25, 0.3) is 5.91 Å². The van der Waals surface area contributed by atoms with Crippen molar-refractivity contribution in [2.24, 2.45) is 51.0 Å². The van der Waals surface area contributed by atoms with Gasteiger partial charge in [-0.1, -0.05) is 13.8 Å². The van der Waals surface area contributed by atoms with E-state index < -0.39 is 0 Å². The van der Waals surface area contributed by atoms with Gasteiger partial charge in [-0.3, -0.25) is 14.4 Å². The summed E-state index contributed by atoms with van der Waals surface area (Å²) in [5.74, 6) is 6.38. The molecule has 25 rings (SSSR count). The molecule has 746 valence electrons. The molecule has 2 amide bonds. The third kappa shape index (κ3) is 18.1. The number of ether oxygens (including phenoxy) is 5. The number of hydroxylamine groups is 2. The first-order valence-corrected chi connectivity index (χ1v) is 49.0. The Morgan fingerprint density at radius 1 is 0.424 bits per heavy atom. The molecule has 12 N–H and O–H groups in total. The van der Waals surface area contributed by atoms with Gasteiger partial charge >= 0.3 is 24.0 Å². The number of carbonyl (C=O) groups is 2. The standard InChI is InChI=1S/C28H31FN8O3.C26H29FN8O3.2C24H26FN7O/c1-31-20-9-16(29)8-19-18(20)10-21-25(19)26(37-14-22(30)28(15-37)2-3-28)35-27(34-21)40-17-12-32-23(33-13-17)11-24(38)36-4-6-39-7-5-36;1-29-18-7-14(27)6-17-16(18)8-19-23(17)24(35-12-20(28)26(13-35)4-5-26)33-25(32-19)38-15-10-30-21(31-11-15)9-22(36)34(2)37-3;1-3-21-28-8-14(9-29-21)33-24-30-20-7-15-16(5-13(25)6-19(15)27-2)22(20)23(31-24)32-10-12-4-18(26)17(12)11-32;1-3-20-28-9-14(10-29-20)33-23-30-18-8-15-16(6-13(25)7-17(15)27-2)21(18)22(31-23)32-11-19(26)24(12-32)4-5-24/h8-9,12-13,22,31H,2-7,10-11,14-15,30H2,1H3;6-7,10-11,20,29H,4-5,8-9,12-13,28H2,1-3H3;5-6,8-9,12,17-18,27H,3-4,7,10-11,26H2,1-2H3;6-7,9-10,19,27H,3-5,8,11-12,26H2,1-2H3/t22-;20-;12?,17?,18-;19-/m0010/s1. The van der Waals surface area contributed by atoms with Crippen molar-refractivity contribution in [1.82, 2.24) is 89.7 Å². The Balaban J connectivity index is 0.000000110. The molecule has 42 heteroatoms. The maximum atomic E-state index is 14.6. The number of morpholine rings is 1. The predicted molar refractivity (Wildman–Crippen MR) is 528 cm³/mol. The van der Waals surface area contributed by atoms with E-state index in [-0.39, 0.29) is 112 Å². The molecule has 12 aromatic rings. The summed E-state index contributed by atoms with van der Waals surface area (Å²) in [6, 6.07) is 13.6. The Labute approximate surface area is 827 Å². The van der Waals surface area contributed by atoms with Crippen LogP contribution in [0.15, 0.2) is 98.1 Å². The molecule has 8 aliphatic carbocycles. The molecule has 9 fully saturated rings. The number of likely N-dealkylation sites (N-methyl/N-ethyl adjacent to an activating group) is 1. The maximum absolute atomic E-state index is 14.6. The lowest BCUT2D eigenvalue weighted by molar-refractivity contribution is -0.167. The molecule has 144 heavy (non-hydrogen) atoms. The monoisotopic (exact) mass is 1960 g/mol. The molecule has 8 aromatic heterocycles. The molecule has 13 aliphatic rings. The molecule has 2 unspecified atom stereocenters. The van der Waals surface area contributed by atoms with Gasteiger partial charge in [0.1, 0.15) is 69.8 Å². The third-order valence-electron chi connectivity index (χ3n) is 30.6. The van der Waals surface area contributed by atoms with Gasteiger partial charge in [-0.2, -0.15) is 39.9 Å². The van der Waals surface area contributed by atoms with Gasteiger partial charge in [-0.15, -0.1) is 0 Å². The molecule has 6 atom stereocenters. The number of hydrogen-bond donors (Lipinski definition) is 8. The minimum Gasteiger partial charge on any atom is -0.421 e. The molecule has 4 saturated carbocycles. The lowest BCUT2D eigenvalue weighted by Gasteiger charge is -2.36. The molecule has 3 spiro atoms. The molecule has 0 radical (unpaired) electrons. The van der Waals surface area contributed by atoms with Gasteiger partial charge in [0, 0.05) is 225 Å². The maximum Gasteiger partial charge on any atom is 0.324 e. The minimum absolute atomic E-state index is 0.0102. The first-order valence-electron chi connectivity index (χ1n) is 49.0. The first kappa shape index (κ1) is 94.4. The van der Waals surface area contributed by atoms with E-state index in [1.807, 2.05) is 13.8 Å². The zero-order valence-corrected chi connectivity index (χ0v) is 81.2. The molecular formula is C102H112F4N30O8. The highest BCUT2D eigenvalue weighted by Gasteiger charge is 2.58. The van der Waals surface area contributed by atoms with Gasteiger partial charge in [-0.05, 0) is 150 Å². The van der Waals surface area contributed by atoms with Crippen LogP contribution in [0.4, 0.5) is 63.6 Å².